The van der Waals surface area contributed by atoms with Crippen LogP contribution in [0.25, 0.3) is 10.9 Å². The SMILES string of the molecule is NC(=O)[C@H](Cc1c[nH]c2ccccc12)NC(=O)c1ccccc1. The van der Waals surface area contributed by atoms with Crippen molar-refractivity contribution in [2.45, 2.75) is 12.5 Å². The van der Waals surface area contributed by atoms with Crippen molar-refractivity contribution in [2.24, 2.45) is 5.73 Å². The Balaban J connectivity index is 1.80. The number of benzene rings is 2. The number of aromatic amines is 1. The van der Waals surface area contributed by atoms with E-state index < -0.39 is 11.9 Å². The topological polar surface area (TPSA) is 88.0 Å². The van der Waals surface area contributed by atoms with E-state index in [1.807, 2.05) is 36.5 Å². The molecule has 0 saturated carbocycles. The lowest BCUT2D eigenvalue weighted by atomic mass is 10.0. The van der Waals surface area contributed by atoms with Crippen molar-refractivity contribution in [3.05, 3.63) is 71.9 Å². The van der Waals surface area contributed by atoms with Gasteiger partial charge in [-0.3, -0.25) is 9.59 Å². The number of nitrogens with one attached hydrogen (secondary N) is 2. The summed E-state index contributed by atoms with van der Waals surface area (Å²) in [6.45, 7) is 0. The van der Waals surface area contributed by atoms with Crippen LogP contribution >= 0.6 is 0 Å². The molecule has 5 heteroatoms. The van der Waals surface area contributed by atoms with Gasteiger partial charge in [-0.2, -0.15) is 0 Å². The number of primary amides is 1. The summed E-state index contributed by atoms with van der Waals surface area (Å²) in [5.41, 5.74) is 7.89. The normalized spacial score (nSPS) is 12.0. The van der Waals surface area contributed by atoms with E-state index in [-0.39, 0.29) is 5.91 Å². The molecule has 0 aliphatic rings. The summed E-state index contributed by atoms with van der Waals surface area (Å²) in [5.74, 6) is -0.867. The van der Waals surface area contributed by atoms with Gasteiger partial charge in [-0.15, -0.1) is 0 Å². The first-order valence-electron chi connectivity index (χ1n) is 7.35. The zero-order chi connectivity index (χ0) is 16.2. The molecule has 0 aliphatic carbocycles. The van der Waals surface area contributed by atoms with Gasteiger partial charge in [0.2, 0.25) is 5.91 Å². The summed E-state index contributed by atoms with van der Waals surface area (Å²) >= 11 is 0. The lowest BCUT2D eigenvalue weighted by Gasteiger charge is -2.15. The molecule has 2 amide bonds. The van der Waals surface area contributed by atoms with Crippen LogP contribution in [0.2, 0.25) is 0 Å². The molecule has 1 atom stereocenters. The van der Waals surface area contributed by atoms with Crippen molar-refractivity contribution in [2.75, 3.05) is 0 Å². The average Bonchev–Trinajstić information content (AvgIpc) is 2.98. The number of rotatable bonds is 5. The van der Waals surface area contributed by atoms with Crippen LogP contribution in [0.4, 0.5) is 0 Å². The largest absolute Gasteiger partial charge is 0.368 e. The molecule has 4 N–H and O–H groups in total. The maximum Gasteiger partial charge on any atom is 0.251 e. The number of fused-ring (bicyclic) bond motifs is 1. The number of amides is 2. The summed E-state index contributed by atoms with van der Waals surface area (Å²) in [5, 5.41) is 3.73. The Hall–Kier alpha value is -3.08. The highest BCUT2D eigenvalue weighted by atomic mass is 16.2. The van der Waals surface area contributed by atoms with Gasteiger partial charge in [0.1, 0.15) is 6.04 Å². The maximum absolute atomic E-state index is 12.2. The molecule has 0 radical (unpaired) electrons. The van der Waals surface area contributed by atoms with Crippen molar-refractivity contribution < 1.29 is 9.59 Å². The van der Waals surface area contributed by atoms with Crippen LogP contribution in [0.15, 0.2) is 60.8 Å². The van der Waals surface area contributed by atoms with Crippen LogP contribution in [-0.2, 0) is 11.2 Å². The van der Waals surface area contributed by atoms with Crippen LogP contribution in [0.5, 0.6) is 0 Å². The molecule has 116 valence electrons. The lowest BCUT2D eigenvalue weighted by molar-refractivity contribution is -0.119. The minimum atomic E-state index is -0.762. The van der Waals surface area contributed by atoms with Crippen molar-refractivity contribution in [1.82, 2.24) is 10.3 Å². The summed E-state index contributed by atoms with van der Waals surface area (Å²) in [6, 6.07) is 15.8. The Bertz CT molecular complexity index is 840. The summed E-state index contributed by atoms with van der Waals surface area (Å²) in [7, 11) is 0. The minimum Gasteiger partial charge on any atom is -0.368 e. The Labute approximate surface area is 133 Å². The smallest absolute Gasteiger partial charge is 0.251 e. The fraction of sp³-hybridized carbons (Fsp3) is 0.111. The van der Waals surface area contributed by atoms with E-state index in [9.17, 15) is 9.59 Å². The van der Waals surface area contributed by atoms with Crippen LogP contribution in [0.3, 0.4) is 0 Å². The Morgan fingerprint density at radius 2 is 1.74 bits per heavy atom. The third-order valence-corrected chi connectivity index (χ3v) is 3.78. The molecular formula is C18H17N3O2. The molecule has 0 unspecified atom stereocenters. The molecule has 1 aromatic heterocycles. The molecule has 0 fully saturated rings. The molecule has 1 heterocycles. The minimum absolute atomic E-state index is 0.311. The zero-order valence-electron chi connectivity index (χ0n) is 12.5. The van der Waals surface area contributed by atoms with Crippen molar-refractivity contribution >= 4 is 22.7 Å². The number of hydrogen-bond donors (Lipinski definition) is 3. The van der Waals surface area contributed by atoms with E-state index in [2.05, 4.69) is 10.3 Å². The van der Waals surface area contributed by atoms with Gasteiger partial charge in [0.15, 0.2) is 0 Å². The van der Waals surface area contributed by atoms with E-state index in [0.29, 0.717) is 12.0 Å². The molecule has 23 heavy (non-hydrogen) atoms. The van der Waals surface area contributed by atoms with Crippen molar-refractivity contribution in [3.8, 4) is 0 Å². The number of para-hydroxylation sites is 1. The molecule has 0 saturated heterocycles. The number of carbonyl (C=O) groups is 2. The fourth-order valence-electron chi connectivity index (χ4n) is 2.57. The molecule has 5 nitrogen and oxygen atoms in total. The second-order valence-electron chi connectivity index (χ2n) is 5.36. The number of hydrogen-bond acceptors (Lipinski definition) is 2. The monoisotopic (exact) mass is 307 g/mol. The van der Waals surface area contributed by atoms with Crippen LogP contribution < -0.4 is 11.1 Å². The van der Waals surface area contributed by atoms with E-state index in [1.165, 1.54) is 0 Å². The summed E-state index contributed by atoms with van der Waals surface area (Å²) < 4.78 is 0. The van der Waals surface area contributed by atoms with Gasteiger partial charge in [0.05, 0.1) is 0 Å². The fourth-order valence-corrected chi connectivity index (χ4v) is 2.57. The highest BCUT2D eigenvalue weighted by Crippen LogP contribution is 2.19. The maximum atomic E-state index is 12.2. The Morgan fingerprint density at radius 1 is 1.04 bits per heavy atom. The third-order valence-electron chi connectivity index (χ3n) is 3.78. The Kier molecular flexibility index (Phi) is 4.10. The van der Waals surface area contributed by atoms with Crippen molar-refractivity contribution in [3.63, 3.8) is 0 Å². The first-order chi connectivity index (χ1) is 11.1. The number of carbonyl (C=O) groups excluding carboxylic acids is 2. The van der Waals surface area contributed by atoms with Gasteiger partial charge >= 0.3 is 0 Å². The second-order valence-corrected chi connectivity index (χ2v) is 5.36. The number of H-pyrrole nitrogens is 1. The molecule has 0 aliphatic heterocycles. The number of aromatic nitrogens is 1. The highest BCUT2D eigenvalue weighted by Gasteiger charge is 2.20. The van der Waals surface area contributed by atoms with Gasteiger partial charge in [-0.1, -0.05) is 36.4 Å². The predicted octanol–water partition coefficient (Wildman–Crippen LogP) is 1.99. The summed E-state index contributed by atoms with van der Waals surface area (Å²) in [6.07, 6.45) is 2.19. The Morgan fingerprint density at radius 3 is 2.48 bits per heavy atom. The standard InChI is InChI=1S/C18H17N3O2/c19-17(22)16(21-18(23)12-6-2-1-3-7-12)10-13-11-20-15-9-5-4-8-14(13)15/h1-9,11,16,20H,10H2,(H2,19,22)(H,21,23)/t16-/m0/s1. The van der Waals surface area contributed by atoms with Crippen LogP contribution in [-0.4, -0.2) is 22.8 Å². The van der Waals surface area contributed by atoms with E-state index in [0.717, 1.165) is 16.5 Å². The summed E-state index contributed by atoms with van der Waals surface area (Å²) in [4.78, 5) is 27.1. The lowest BCUT2D eigenvalue weighted by Crippen LogP contribution is -2.45. The quantitative estimate of drug-likeness (QED) is 0.673. The van der Waals surface area contributed by atoms with Gasteiger partial charge in [0, 0.05) is 29.1 Å². The molecule has 2 aromatic carbocycles. The van der Waals surface area contributed by atoms with Gasteiger partial charge in [0.25, 0.3) is 5.91 Å². The molecule has 0 bridgehead atoms. The van der Waals surface area contributed by atoms with Gasteiger partial charge in [-0.05, 0) is 23.8 Å². The highest BCUT2D eigenvalue weighted by molar-refractivity contribution is 5.97. The first kappa shape index (κ1) is 14.8. The molecule has 0 spiro atoms. The van der Waals surface area contributed by atoms with E-state index in [1.54, 1.807) is 24.3 Å². The molecular weight excluding hydrogens is 290 g/mol. The van der Waals surface area contributed by atoms with E-state index >= 15 is 0 Å². The van der Waals surface area contributed by atoms with E-state index in [4.69, 9.17) is 5.73 Å². The van der Waals surface area contributed by atoms with Crippen molar-refractivity contribution in [1.29, 1.82) is 0 Å². The van der Waals surface area contributed by atoms with Gasteiger partial charge < -0.3 is 16.0 Å². The molecule has 3 rings (SSSR count). The van der Waals surface area contributed by atoms with Gasteiger partial charge in [-0.25, -0.2) is 0 Å². The third kappa shape index (κ3) is 3.23. The number of nitrogens with two attached hydrogens (primary N) is 1. The second kappa shape index (κ2) is 6.36. The first-order valence-corrected chi connectivity index (χ1v) is 7.35. The van der Waals surface area contributed by atoms with Crippen LogP contribution in [0.1, 0.15) is 15.9 Å². The average molecular weight is 307 g/mol. The molecule has 3 aromatic rings. The van der Waals surface area contributed by atoms with Crippen LogP contribution in [0, 0.1) is 0 Å². The predicted molar refractivity (Wildman–Crippen MR) is 88.9 cm³/mol. The zero-order valence-corrected chi connectivity index (χ0v) is 12.5.